The smallest absolute Gasteiger partial charge is 0.320 e. The maximum Gasteiger partial charge on any atom is 0.320 e. The van der Waals surface area contributed by atoms with Gasteiger partial charge in [-0.15, -0.1) is 11.3 Å². The van der Waals surface area contributed by atoms with Crippen LogP contribution in [0.1, 0.15) is 34.9 Å². The third-order valence-corrected chi connectivity index (χ3v) is 5.84. The first-order valence-corrected chi connectivity index (χ1v) is 8.95. The van der Waals surface area contributed by atoms with Crippen LogP contribution in [0.4, 0.5) is 0 Å². The lowest BCUT2D eigenvalue weighted by Crippen LogP contribution is -2.39. The number of aliphatic carboxylic acids is 1. The number of hydrogen-bond acceptors (Lipinski definition) is 5. The van der Waals surface area contributed by atoms with Crippen LogP contribution in [0.3, 0.4) is 0 Å². The zero-order valence-corrected chi connectivity index (χ0v) is 14.2. The minimum Gasteiger partial charge on any atom is -0.480 e. The van der Waals surface area contributed by atoms with Crippen LogP contribution in [0.15, 0.2) is 29.6 Å². The molecule has 2 atom stereocenters. The van der Waals surface area contributed by atoms with Crippen molar-refractivity contribution in [2.45, 2.75) is 31.8 Å². The Morgan fingerprint density at radius 3 is 2.92 bits per heavy atom. The van der Waals surface area contributed by atoms with Crippen molar-refractivity contribution in [1.29, 1.82) is 0 Å². The van der Waals surface area contributed by atoms with E-state index in [0.29, 0.717) is 6.42 Å². The molecule has 4 rings (SSSR count). The predicted molar refractivity (Wildman–Crippen MR) is 90.8 cm³/mol. The Kier molecular flexibility index (Phi) is 3.94. The van der Waals surface area contributed by atoms with Crippen LogP contribution in [-0.2, 0) is 4.79 Å². The zero-order chi connectivity index (χ0) is 16.7. The average molecular weight is 345 g/mol. The molecule has 2 aliphatic heterocycles. The molecule has 1 aromatic carbocycles. The highest BCUT2D eigenvalue weighted by Gasteiger charge is 2.38. The molecule has 0 bridgehead atoms. The molecule has 2 aromatic rings. The number of hydrogen-bond donors (Lipinski definition) is 1. The molecule has 1 saturated heterocycles. The van der Waals surface area contributed by atoms with Crippen LogP contribution >= 0.6 is 11.3 Å². The number of ether oxygens (including phenoxy) is 2. The van der Waals surface area contributed by atoms with E-state index in [0.717, 1.165) is 30.0 Å². The van der Waals surface area contributed by atoms with Crippen molar-refractivity contribution in [3.8, 4) is 11.5 Å². The van der Waals surface area contributed by atoms with E-state index in [1.54, 1.807) is 11.3 Å². The monoisotopic (exact) mass is 345 g/mol. The highest BCUT2D eigenvalue weighted by molar-refractivity contribution is 7.10. The van der Waals surface area contributed by atoms with Crippen molar-refractivity contribution in [2.24, 2.45) is 0 Å². The summed E-state index contributed by atoms with van der Waals surface area (Å²) in [4.78, 5) is 15.0. The van der Waals surface area contributed by atoms with Gasteiger partial charge in [-0.25, -0.2) is 0 Å². The van der Waals surface area contributed by atoms with E-state index in [4.69, 9.17) is 9.47 Å². The van der Waals surface area contributed by atoms with E-state index in [1.807, 2.05) is 18.2 Å². The summed E-state index contributed by atoms with van der Waals surface area (Å²) in [6.45, 7) is 3.11. The minimum atomic E-state index is -0.743. The Labute approximate surface area is 144 Å². The maximum absolute atomic E-state index is 11.7. The molecule has 0 spiro atoms. The summed E-state index contributed by atoms with van der Waals surface area (Å²) in [6, 6.07) is 7.51. The van der Waals surface area contributed by atoms with Crippen LogP contribution in [0.25, 0.3) is 0 Å². The topological polar surface area (TPSA) is 59.0 Å². The predicted octanol–water partition coefficient (Wildman–Crippen LogP) is 3.42. The van der Waals surface area contributed by atoms with Gasteiger partial charge in [-0.1, -0.05) is 6.07 Å². The van der Waals surface area contributed by atoms with Crippen molar-refractivity contribution in [3.05, 3.63) is 45.6 Å². The Bertz CT molecular complexity index is 772. The number of carboxylic acid groups (broad SMARTS) is 1. The summed E-state index contributed by atoms with van der Waals surface area (Å²) < 4.78 is 10.9. The maximum atomic E-state index is 11.7. The van der Waals surface area contributed by atoms with Gasteiger partial charge in [-0.3, -0.25) is 9.69 Å². The second-order valence-corrected chi connectivity index (χ2v) is 7.16. The van der Waals surface area contributed by atoms with Gasteiger partial charge in [0.2, 0.25) is 6.79 Å². The third kappa shape index (κ3) is 2.56. The minimum absolute atomic E-state index is 0.0666. The largest absolute Gasteiger partial charge is 0.480 e. The van der Waals surface area contributed by atoms with Gasteiger partial charge in [0.05, 0.1) is 6.04 Å². The number of fused-ring (bicyclic) bond motifs is 1. The van der Waals surface area contributed by atoms with Crippen LogP contribution < -0.4 is 9.47 Å². The molecule has 2 unspecified atom stereocenters. The molecule has 0 aliphatic carbocycles. The highest BCUT2D eigenvalue weighted by Crippen LogP contribution is 2.42. The lowest BCUT2D eigenvalue weighted by Gasteiger charge is -2.31. The lowest BCUT2D eigenvalue weighted by molar-refractivity contribution is -0.142. The molecule has 0 saturated carbocycles. The molecule has 24 heavy (non-hydrogen) atoms. The molecule has 1 N–H and O–H groups in total. The first-order valence-electron chi connectivity index (χ1n) is 8.07. The summed E-state index contributed by atoms with van der Waals surface area (Å²) in [5.74, 6) is 0.738. The van der Waals surface area contributed by atoms with E-state index >= 15 is 0 Å². The normalized spacial score (nSPS) is 21.1. The van der Waals surface area contributed by atoms with Crippen molar-refractivity contribution in [3.63, 3.8) is 0 Å². The van der Waals surface area contributed by atoms with E-state index in [1.165, 1.54) is 10.4 Å². The van der Waals surface area contributed by atoms with Gasteiger partial charge in [-0.2, -0.15) is 0 Å². The van der Waals surface area contributed by atoms with Crippen LogP contribution in [0.2, 0.25) is 0 Å². The van der Waals surface area contributed by atoms with Crippen LogP contribution in [0.5, 0.6) is 11.5 Å². The fourth-order valence-electron chi connectivity index (χ4n) is 3.60. The summed E-state index contributed by atoms with van der Waals surface area (Å²) >= 11 is 1.68. The summed E-state index contributed by atoms with van der Waals surface area (Å²) in [5, 5.41) is 11.7. The Morgan fingerprint density at radius 1 is 1.33 bits per heavy atom. The molecular formula is C18H19NO4S. The zero-order valence-electron chi connectivity index (χ0n) is 13.4. The first kappa shape index (κ1) is 15.5. The van der Waals surface area contributed by atoms with Gasteiger partial charge in [-0.05, 0) is 54.5 Å². The van der Waals surface area contributed by atoms with Crippen molar-refractivity contribution < 1.29 is 19.4 Å². The van der Waals surface area contributed by atoms with Crippen LogP contribution in [-0.4, -0.2) is 35.4 Å². The number of benzene rings is 1. The standard InChI is InChI=1S/C18H19NO4S/c1-11-6-8-24-17(11)16(19-7-2-3-13(19)18(20)21)12-4-5-14-15(9-12)23-10-22-14/h4-6,8-9,13,16H,2-3,7,10H2,1H3,(H,20,21). The molecule has 0 amide bonds. The second-order valence-electron chi connectivity index (χ2n) is 6.22. The second kappa shape index (κ2) is 6.11. The van der Waals surface area contributed by atoms with Crippen molar-refractivity contribution in [1.82, 2.24) is 4.90 Å². The summed E-state index contributed by atoms with van der Waals surface area (Å²) in [7, 11) is 0. The van der Waals surface area contributed by atoms with E-state index in [-0.39, 0.29) is 12.8 Å². The molecular weight excluding hydrogens is 326 g/mol. The highest BCUT2D eigenvalue weighted by atomic mass is 32.1. The first-order chi connectivity index (χ1) is 11.6. The molecule has 5 nitrogen and oxygen atoms in total. The Hall–Kier alpha value is -2.05. The molecule has 126 valence electrons. The third-order valence-electron chi connectivity index (χ3n) is 4.77. The molecule has 6 heteroatoms. The van der Waals surface area contributed by atoms with Crippen molar-refractivity contribution >= 4 is 17.3 Å². The fourth-order valence-corrected chi connectivity index (χ4v) is 4.68. The number of aryl methyl sites for hydroxylation is 1. The molecule has 1 fully saturated rings. The van der Waals surface area contributed by atoms with E-state index < -0.39 is 12.0 Å². The SMILES string of the molecule is Cc1ccsc1C(c1ccc2c(c1)OCO2)N1CCCC1C(=O)O. The van der Waals surface area contributed by atoms with Crippen molar-refractivity contribution in [2.75, 3.05) is 13.3 Å². The van der Waals surface area contributed by atoms with Gasteiger partial charge in [0, 0.05) is 11.4 Å². The number of likely N-dealkylation sites (tertiary alicyclic amines) is 1. The Balaban J connectivity index is 1.79. The quantitative estimate of drug-likeness (QED) is 0.920. The van der Waals surface area contributed by atoms with Gasteiger partial charge >= 0.3 is 5.97 Å². The van der Waals surface area contributed by atoms with Crippen LogP contribution in [0, 0.1) is 6.92 Å². The van der Waals surface area contributed by atoms with E-state index in [2.05, 4.69) is 23.3 Å². The van der Waals surface area contributed by atoms with Gasteiger partial charge in [0.15, 0.2) is 11.5 Å². The molecule has 2 aliphatic rings. The average Bonchev–Trinajstić information content (AvgIpc) is 3.29. The molecule has 3 heterocycles. The summed E-state index contributed by atoms with van der Waals surface area (Å²) in [6.07, 6.45) is 1.60. The van der Waals surface area contributed by atoms with Gasteiger partial charge in [0.1, 0.15) is 6.04 Å². The number of thiophene rings is 1. The number of carboxylic acids is 1. The fraction of sp³-hybridized carbons (Fsp3) is 0.389. The molecule has 1 aromatic heterocycles. The van der Waals surface area contributed by atoms with E-state index in [9.17, 15) is 9.90 Å². The lowest BCUT2D eigenvalue weighted by atomic mass is 9.99. The van der Waals surface area contributed by atoms with Gasteiger partial charge in [0.25, 0.3) is 0 Å². The number of nitrogens with zero attached hydrogens (tertiary/aromatic N) is 1. The summed E-state index contributed by atoms with van der Waals surface area (Å²) in [5.41, 5.74) is 2.25. The Morgan fingerprint density at radius 2 is 2.17 bits per heavy atom. The molecule has 0 radical (unpaired) electrons. The van der Waals surface area contributed by atoms with Gasteiger partial charge < -0.3 is 14.6 Å². The number of carbonyl (C=O) groups is 1. The number of rotatable bonds is 4.